The van der Waals surface area contributed by atoms with Crippen LogP contribution in [0.1, 0.15) is 0 Å². The third-order valence-electron chi connectivity index (χ3n) is 2.28. The quantitative estimate of drug-likeness (QED) is 0.647. The van der Waals surface area contributed by atoms with E-state index in [0.717, 1.165) is 16.5 Å². The molecule has 0 saturated heterocycles. The van der Waals surface area contributed by atoms with Crippen molar-refractivity contribution in [3.05, 3.63) is 46.8 Å². The number of anilines is 1. The highest BCUT2D eigenvalue weighted by Gasteiger charge is 2.21. The Morgan fingerprint density at radius 3 is 2.57 bits per heavy atom. The zero-order valence-corrected chi connectivity index (χ0v) is 13.1. The highest BCUT2D eigenvalue weighted by atomic mass is 35.5. The van der Waals surface area contributed by atoms with E-state index in [1.807, 2.05) is 0 Å². The van der Waals surface area contributed by atoms with Crippen LogP contribution in [0.2, 0.25) is 4.34 Å². The average Bonchev–Trinajstić information content (AvgIpc) is 2.92. The third-order valence-corrected chi connectivity index (χ3v) is 5.29. The van der Waals surface area contributed by atoms with Gasteiger partial charge in [0.25, 0.3) is 10.0 Å². The van der Waals surface area contributed by atoms with Crippen molar-refractivity contribution in [1.29, 1.82) is 0 Å². The molecule has 0 bridgehead atoms. The maximum Gasteiger partial charge on any atom is 0.268 e. The van der Waals surface area contributed by atoms with E-state index in [4.69, 9.17) is 22.9 Å². The summed E-state index contributed by atoms with van der Waals surface area (Å²) < 4.78 is 25.0. The number of nitrogens with zero attached hydrogens (tertiary/aromatic N) is 1. The van der Waals surface area contributed by atoms with Crippen molar-refractivity contribution >= 4 is 38.6 Å². The van der Waals surface area contributed by atoms with Gasteiger partial charge in [-0.2, -0.15) is 5.17 Å². The normalized spacial score (nSPS) is 11.0. The van der Waals surface area contributed by atoms with E-state index < -0.39 is 10.0 Å². The number of sulfonamides is 1. The van der Waals surface area contributed by atoms with Gasteiger partial charge in [0.15, 0.2) is 0 Å². The summed E-state index contributed by atoms with van der Waals surface area (Å²) in [5.41, 5.74) is 0.499. The molecule has 110 valence electrons. The Hall–Kier alpha value is -1.56. The van der Waals surface area contributed by atoms with Crippen molar-refractivity contribution in [2.75, 3.05) is 11.8 Å². The second-order valence-electron chi connectivity index (χ2n) is 3.76. The predicted molar refractivity (Wildman–Crippen MR) is 83.4 cm³/mol. The second kappa shape index (κ2) is 6.93. The molecule has 0 unspecified atom stereocenters. The third kappa shape index (κ3) is 4.20. The average molecular weight is 343 g/mol. The van der Waals surface area contributed by atoms with Crippen LogP contribution in [0.15, 0.2) is 46.7 Å². The number of nitrogens with one attached hydrogen (secondary N) is 1. The van der Waals surface area contributed by atoms with Crippen molar-refractivity contribution in [1.82, 2.24) is 4.83 Å². The maximum absolute atomic E-state index is 12.3. The summed E-state index contributed by atoms with van der Waals surface area (Å²) in [6, 6.07) is 11.6. The fraction of sp³-hybridized carbons (Fsp3) is 0.0769. The molecule has 0 fully saturated rings. The SMILES string of the molecule is C#CCON(NS(=O)(=O)c1ccc(Cl)s1)c1ccccc1. The van der Waals surface area contributed by atoms with E-state index >= 15 is 0 Å². The summed E-state index contributed by atoms with van der Waals surface area (Å²) in [4.78, 5) is 7.53. The lowest BCUT2D eigenvalue weighted by atomic mass is 10.3. The van der Waals surface area contributed by atoms with Crippen LogP contribution in [0.3, 0.4) is 0 Å². The van der Waals surface area contributed by atoms with Crippen molar-refractivity contribution in [2.45, 2.75) is 4.21 Å². The van der Waals surface area contributed by atoms with Gasteiger partial charge in [0.1, 0.15) is 10.8 Å². The maximum atomic E-state index is 12.3. The minimum Gasteiger partial charge on any atom is -0.244 e. The first-order valence-electron chi connectivity index (χ1n) is 5.72. The largest absolute Gasteiger partial charge is 0.268 e. The number of hydrogen-bond acceptors (Lipinski definition) is 5. The van der Waals surface area contributed by atoms with Gasteiger partial charge in [-0.3, -0.25) is 0 Å². The molecule has 0 aliphatic carbocycles. The van der Waals surface area contributed by atoms with Crippen LogP contribution in [0.4, 0.5) is 5.69 Å². The minimum atomic E-state index is -3.80. The number of benzene rings is 1. The van der Waals surface area contributed by atoms with Gasteiger partial charge < -0.3 is 0 Å². The first-order valence-corrected chi connectivity index (χ1v) is 8.40. The Morgan fingerprint density at radius 2 is 2.00 bits per heavy atom. The van der Waals surface area contributed by atoms with Crippen molar-refractivity contribution in [3.8, 4) is 12.3 Å². The highest BCUT2D eigenvalue weighted by molar-refractivity contribution is 7.91. The Morgan fingerprint density at radius 1 is 1.29 bits per heavy atom. The Labute approximate surface area is 132 Å². The van der Waals surface area contributed by atoms with E-state index in [2.05, 4.69) is 10.8 Å². The number of hydrazine groups is 1. The van der Waals surface area contributed by atoms with E-state index in [1.165, 1.54) is 12.1 Å². The topological polar surface area (TPSA) is 58.6 Å². The molecule has 5 nitrogen and oxygen atoms in total. The smallest absolute Gasteiger partial charge is 0.244 e. The molecule has 0 aliphatic heterocycles. The fourth-order valence-electron chi connectivity index (χ4n) is 1.42. The fourth-order valence-corrected chi connectivity index (χ4v) is 3.86. The molecule has 1 N–H and O–H groups in total. The van der Waals surface area contributed by atoms with Crippen LogP contribution >= 0.6 is 22.9 Å². The lowest BCUT2D eigenvalue weighted by Gasteiger charge is -2.22. The lowest BCUT2D eigenvalue weighted by molar-refractivity contribution is 0.126. The van der Waals surface area contributed by atoms with Crippen LogP contribution in [0.25, 0.3) is 0 Å². The highest BCUT2D eigenvalue weighted by Crippen LogP contribution is 2.26. The van der Waals surface area contributed by atoms with Gasteiger partial charge in [0.2, 0.25) is 0 Å². The molecule has 0 amide bonds. The van der Waals surface area contributed by atoms with Crippen LogP contribution in [0, 0.1) is 12.3 Å². The van der Waals surface area contributed by atoms with Crippen molar-refractivity contribution < 1.29 is 13.3 Å². The van der Waals surface area contributed by atoms with Crippen LogP contribution in [-0.2, 0) is 14.9 Å². The number of rotatable bonds is 6. The van der Waals surface area contributed by atoms with Gasteiger partial charge in [-0.25, -0.2) is 13.3 Å². The molecule has 8 heteroatoms. The van der Waals surface area contributed by atoms with Gasteiger partial charge >= 0.3 is 0 Å². The number of para-hydroxylation sites is 1. The number of hydrogen-bond donors (Lipinski definition) is 1. The van der Waals surface area contributed by atoms with Crippen LogP contribution in [-0.4, -0.2) is 15.0 Å². The molecule has 0 spiro atoms. The Bertz CT molecular complexity index is 738. The van der Waals surface area contributed by atoms with Crippen LogP contribution in [0.5, 0.6) is 0 Å². The zero-order chi connectivity index (χ0) is 15.3. The zero-order valence-electron chi connectivity index (χ0n) is 10.7. The molecule has 2 rings (SSSR count). The molecule has 1 aromatic heterocycles. The molecule has 0 radical (unpaired) electrons. The molecule has 1 aromatic carbocycles. The summed E-state index contributed by atoms with van der Waals surface area (Å²) in [5, 5.41) is 1.02. The molecular formula is C13H11ClN2O3S2. The number of terminal acetylenes is 1. The van der Waals surface area contributed by atoms with E-state index in [0.29, 0.717) is 10.0 Å². The molecule has 0 saturated carbocycles. The summed E-state index contributed by atoms with van der Waals surface area (Å²) in [7, 11) is -3.80. The van der Waals surface area contributed by atoms with Gasteiger partial charge in [-0.05, 0) is 24.3 Å². The second-order valence-corrected chi connectivity index (χ2v) is 7.36. The summed E-state index contributed by atoms with van der Waals surface area (Å²) in [6.45, 7) is -0.0807. The lowest BCUT2D eigenvalue weighted by Crippen LogP contribution is -2.42. The molecule has 0 aliphatic rings. The Kier molecular flexibility index (Phi) is 5.22. The first kappa shape index (κ1) is 15.8. The monoisotopic (exact) mass is 342 g/mol. The molecule has 2 aromatic rings. The number of halogens is 1. The molecule has 1 heterocycles. The van der Waals surface area contributed by atoms with E-state index in [1.54, 1.807) is 30.3 Å². The van der Waals surface area contributed by atoms with E-state index in [9.17, 15) is 8.42 Å². The van der Waals surface area contributed by atoms with Gasteiger partial charge in [0, 0.05) is 0 Å². The predicted octanol–water partition coefficient (Wildman–Crippen LogP) is 2.67. The minimum absolute atomic E-state index is 0.0807. The standard InChI is InChI=1S/C13H11ClN2O3S2/c1-2-10-19-16(11-6-4-3-5-7-11)15-21(17,18)13-9-8-12(14)20-13/h1,3-9,15H,10H2. The van der Waals surface area contributed by atoms with Gasteiger partial charge in [0.05, 0.1) is 10.0 Å². The number of thiophene rings is 1. The van der Waals surface area contributed by atoms with Crippen molar-refractivity contribution in [3.63, 3.8) is 0 Å². The van der Waals surface area contributed by atoms with Crippen molar-refractivity contribution in [2.24, 2.45) is 0 Å². The Balaban J connectivity index is 2.25. The summed E-state index contributed by atoms with van der Waals surface area (Å²) >= 11 is 6.71. The van der Waals surface area contributed by atoms with E-state index in [-0.39, 0.29) is 10.8 Å². The first-order chi connectivity index (χ1) is 10.0. The summed E-state index contributed by atoms with van der Waals surface area (Å²) in [5.74, 6) is 2.28. The molecule has 0 atom stereocenters. The van der Waals surface area contributed by atoms with Gasteiger partial charge in [-0.15, -0.1) is 17.8 Å². The van der Waals surface area contributed by atoms with Crippen LogP contribution < -0.4 is 10.0 Å². The summed E-state index contributed by atoms with van der Waals surface area (Å²) in [6.07, 6.45) is 5.14. The molecule has 21 heavy (non-hydrogen) atoms. The molecular weight excluding hydrogens is 332 g/mol. The van der Waals surface area contributed by atoms with Gasteiger partial charge in [-0.1, -0.05) is 40.6 Å².